The minimum absolute atomic E-state index is 0.0696. The molecule has 3 aromatic rings. The molecule has 6 nitrogen and oxygen atoms in total. The van der Waals surface area contributed by atoms with E-state index in [-0.39, 0.29) is 5.69 Å². The van der Waals surface area contributed by atoms with E-state index in [9.17, 15) is 4.79 Å². The molecular formula is C10H6N4O2S. The largest absolute Gasteiger partial charge is 0.476 e. The molecule has 0 spiro atoms. The molecule has 84 valence electrons. The molecule has 0 bridgehead atoms. The monoisotopic (exact) mass is 246 g/mol. The zero-order valence-corrected chi connectivity index (χ0v) is 9.26. The Morgan fingerprint density at radius 1 is 1.24 bits per heavy atom. The summed E-state index contributed by atoms with van der Waals surface area (Å²) in [4.78, 5) is 23.6. The Balaban J connectivity index is 2.10. The van der Waals surface area contributed by atoms with Crippen molar-refractivity contribution in [1.82, 2.24) is 19.4 Å². The van der Waals surface area contributed by atoms with Gasteiger partial charge in [0.15, 0.2) is 10.7 Å². The Bertz CT molecular complexity index is 686. The third kappa shape index (κ3) is 1.56. The number of carboxylic acids is 1. The predicted molar refractivity (Wildman–Crippen MR) is 61.1 cm³/mol. The minimum Gasteiger partial charge on any atom is -0.476 e. The normalized spacial score (nSPS) is 10.8. The molecule has 7 heteroatoms. The lowest BCUT2D eigenvalue weighted by molar-refractivity contribution is 0.0690. The van der Waals surface area contributed by atoms with Crippen LogP contribution in [0.25, 0.3) is 16.3 Å². The minimum atomic E-state index is -1.09. The number of imidazole rings is 1. The first-order valence-electron chi connectivity index (χ1n) is 4.72. The second kappa shape index (κ2) is 3.63. The van der Waals surface area contributed by atoms with Gasteiger partial charge in [-0.2, -0.15) is 0 Å². The van der Waals surface area contributed by atoms with Gasteiger partial charge in [0, 0.05) is 11.6 Å². The van der Waals surface area contributed by atoms with Gasteiger partial charge in [0.1, 0.15) is 5.69 Å². The van der Waals surface area contributed by atoms with Gasteiger partial charge >= 0.3 is 5.97 Å². The highest BCUT2D eigenvalue weighted by Crippen LogP contribution is 2.20. The van der Waals surface area contributed by atoms with Crippen LogP contribution < -0.4 is 0 Å². The number of aromatic nitrogens is 4. The van der Waals surface area contributed by atoms with Crippen LogP contribution in [0.15, 0.2) is 30.2 Å². The summed E-state index contributed by atoms with van der Waals surface area (Å²) in [5, 5.41) is 10.6. The van der Waals surface area contributed by atoms with E-state index in [2.05, 4.69) is 15.0 Å². The highest BCUT2D eigenvalue weighted by Gasteiger charge is 2.10. The van der Waals surface area contributed by atoms with Crippen molar-refractivity contribution in [3.05, 3.63) is 35.9 Å². The zero-order valence-electron chi connectivity index (χ0n) is 8.44. The molecule has 0 saturated heterocycles. The summed E-state index contributed by atoms with van der Waals surface area (Å²) in [5.41, 5.74) is 1.33. The standard InChI is InChI=1S/C10H6N4O2S/c15-9(16)7-4-11-6(3-12-7)8-5-13-10-14(8)1-2-17-10/h1-5H,(H,15,16). The first kappa shape index (κ1) is 9.91. The van der Waals surface area contributed by atoms with Crippen molar-refractivity contribution in [2.45, 2.75) is 0 Å². The number of carboxylic acid groups (broad SMARTS) is 1. The maximum Gasteiger partial charge on any atom is 0.356 e. The van der Waals surface area contributed by atoms with Crippen LogP contribution in [0, 0.1) is 0 Å². The highest BCUT2D eigenvalue weighted by molar-refractivity contribution is 7.15. The van der Waals surface area contributed by atoms with Crippen molar-refractivity contribution in [3.8, 4) is 11.4 Å². The van der Waals surface area contributed by atoms with E-state index < -0.39 is 5.97 Å². The fourth-order valence-corrected chi connectivity index (χ4v) is 2.18. The Hall–Kier alpha value is -2.28. The van der Waals surface area contributed by atoms with E-state index in [0.717, 1.165) is 10.7 Å². The second-order valence-electron chi connectivity index (χ2n) is 3.29. The van der Waals surface area contributed by atoms with E-state index in [1.165, 1.54) is 23.7 Å². The Morgan fingerprint density at radius 3 is 2.82 bits per heavy atom. The van der Waals surface area contributed by atoms with Crippen molar-refractivity contribution < 1.29 is 9.90 Å². The maximum absolute atomic E-state index is 10.7. The molecule has 1 N–H and O–H groups in total. The van der Waals surface area contributed by atoms with Crippen molar-refractivity contribution in [2.24, 2.45) is 0 Å². The maximum atomic E-state index is 10.7. The number of carbonyl (C=O) groups is 1. The van der Waals surface area contributed by atoms with E-state index >= 15 is 0 Å². The first-order valence-corrected chi connectivity index (χ1v) is 5.60. The van der Waals surface area contributed by atoms with E-state index in [1.54, 1.807) is 6.20 Å². The average Bonchev–Trinajstić information content (AvgIpc) is 2.90. The number of rotatable bonds is 2. The fourth-order valence-electron chi connectivity index (χ4n) is 1.49. The summed E-state index contributed by atoms with van der Waals surface area (Å²) in [6.45, 7) is 0. The lowest BCUT2D eigenvalue weighted by atomic mass is 10.3. The van der Waals surface area contributed by atoms with Gasteiger partial charge in [0.2, 0.25) is 0 Å². The lowest BCUT2D eigenvalue weighted by Crippen LogP contribution is -2.01. The molecular weight excluding hydrogens is 240 g/mol. The van der Waals surface area contributed by atoms with Gasteiger partial charge in [-0.25, -0.2) is 14.8 Å². The molecule has 0 fully saturated rings. The quantitative estimate of drug-likeness (QED) is 0.742. The van der Waals surface area contributed by atoms with Crippen LogP contribution >= 0.6 is 11.3 Å². The van der Waals surface area contributed by atoms with Crippen LogP contribution in [-0.2, 0) is 0 Å². The Morgan fingerprint density at radius 2 is 2.12 bits per heavy atom. The van der Waals surface area contributed by atoms with Crippen molar-refractivity contribution in [3.63, 3.8) is 0 Å². The van der Waals surface area contributed by atoms with Crippen molar-refractivity contribution in [2.75, 3.05) is 0 Å². The number of hydrogen-bond donors (Lipinski definition) is 1. The van der Waals surface area contributed by atoms with Gasteiger partial charge in [0.25, 0.3) is 0 Å². The van der Waals surface area contributed by atoms with Crippen molar-refractivity contribution in [1.29, 1.82) is 0 Å². The molecule has 3 aromatic heterocycles. The van der Waals surface area contributed by atoms with Gasteiger partial charge < -0.3 is 5.11 Å². The van der Waals surface area contributed by atoms with Crippen LogP contribution in [0.1, 0.15) is 10.5 Å². The van der Waals surface area contributed by atoms with Gasteiger partial charge in [0.05, 0.1) is 24.3 Å². The van der Waals surface area contributed by atoms with Gasteiger partial charge in [-0.3, -0.25) is 9.38 Å². The second-order valence-corrected chi connectivity index (χ2v) is 4.16. The Kier molecular flexibility index (Phi) is 2.12. The topological polar surface area (TPSA) is 80.4 Å². The number of hydrogen-bond acceptors (Lipinski definition) is 5. The molecule has 0 unspecified atom stereocenters. The third-order valence-electron chi connectivity index (χ3n) is 2.28. The molecule has 3 rings (SSSR count). The van der Waals surface area contributed by atoms with Gasteiger partial charge in [-0.1, -0.05) is 0 Å². The van der Waals surface area contributed by atoms with E-state index in [4.69, 9.17) is 5.11 Å². The van der Waals surface area contributed by atoms with Crippen LogP contribution in [-0.4, -0.2) is 30.4 Å². The zero-order chi connectivity index (χ0) is 11.8. The third-order valence-corrected chi connectivity index (χ3v) is 3.05. The number of nitrogens with zero attached hydrogens (tertiary/aromatic N) is 4. The summed E-state index contributed by atoms with van der Waals surface area (Å²) in [5.74, 6) is -1.09. The van der Waals surface area contributed by atoms with Crippen LogP contribution in [0.3, 0.4) is 0 Å². The highest BCUT2D eigenvalue weighted by atomic mass is 32.1. The number of aromatic carboxylic acids is 1. The smallest absolute Gasteiger partial charge is 0.356 e. The first-order chi connectivity index (χ1) is 8.25. The molecule has 0 aliphatic carbocycles. The molecule has 0 saturated carbocycles. The number of thiazole rings is 1. The summed E-state index contributed by atoms with van der Waals surface area (Å²) < 4.78 is 1.88. The average molecular weight is 246 g/mol. The lowest BCUT2D eigenvalue weighted by Gasteiger charge is -1.98. The molecule has 0 radical (unpaired) electrons. The Labute approximate surface area is 99.2 Å². The summed E-state index contributed by atoms with van der Waals surface area (Å²) >= 11 is 1.52. The van der Waals surface area contributed by atoms with Crippen LogP contribution in [0.2, 0.25) is 0 Å². The van der Waals surface area contributed by atoms with Gasteiger partial charge in [-0.05, 0) is 0 Å². The van der Waals surface area contributed by atoms with Crippen LogP contribution in [0.5, 0.6) is 0 Å². The van der Waals surface area contributed by atoms with E-state index in [0.29, 0.717) is 5.69 Å². The predicted octanol–water partition coefficient (Wildman–Crippen LogP) is 1.55. The molecule has 0 amide bonds. The van der Waals surface area contributed by atoms with Crippen LogP contribution in [0.4, 0.5) is 0 Å². The summed E-state index contributed by atoms with van der Waals surface area (Å²) in [6.07, 6.45) is 6.25. The van der Waals surface area contributed by atoms with Gasteiger partial charge in [-0.15, -0.1) is 11.3 Å². The fraction of sp³-hybridized carbons (Fsp3) is 0. The molecule has 0 aliphatic rings. The SMILES string of the molecule is O=C(O)c1cnc(-c2cnc3sccn23)cn1. The molecule has 17 heavy (non-hydrogen) atoms. The van der Waals surface area contributed by atoms with E-state index in [1.807, 2.05) is 16.0 Å². The van der Waals surface area contributed by atoms with Crippen molar-refractivity contribution >= 4 is 22.3 Å². The molecule has 0 aromatic carbocycles. The summed E-state index contributed by atoms with van der Waals surface area (Å²) in [6, 6.07) is 0. The molecule has 3 heterocycles. The summed E-state index contributed by atoms with van der Waals surface area (Å²) in [7, 11) is 0. The number of fused-ring (bicyclic) bond motifs is 1. The molecule has 0 aliphatic heterocycles. The molecule has 0 atom stereocenters.